The molecule has 0 amide bonds. The van der Waals surface area contributed by atoms with Gasteiger partial charge in [0.05, 0.1) is 5.69 Å². The van der Waals surface area contributed by atoms with Crippen LogP contribution in [-0.4, -0.2) is 9.97 Å². The minimum Gasteiger partial charge on any atom is -0.236 e. The Morgan fingerprint density at radius 2 is 1.80 bits per heavy atom. The maximum absolute atomic E-state index is 4.51. The summed E-state index contributed by atoms with van der Waals surface area (Å²) in [6.07, 6.45) is 7.07. The van der Waals surface area contributed by atoms with Crippen molar-refractivity contribution in [3.05, 3.63) is 92.0 Å². The van der Waals surface area contributed by atoms with E-state index in [1.54, 1.807) is 23.7 Å². The zero-order chi connectivity index (χ0) is 17.4. The molecule has 2 heterocycles. The first kappa shape index (κ1) is 15.5. The number of fused-ring (bicyclic) bond motifs is 4. The van der Waals surface area contributed by atoms with Crippen molar-refractivity contribution in [1.29, 1.82) is 0 Å². The first-order chi connectivity index (χ1) is 12.2. The van der Waals surface area contributed by atoms with E-state index in [0.29, 0.717) is 0 Å². The fourth-order valence-corrected chi connectivity index (χ4v) is 4.03. The quantitative estimate of drug-likeness (QED) is 0.407. The predicted molar refractivity (Wildman–Crippen MR) is 110 cm³/mol. The molecule has 120 valence electrons. The Balaban J connectivity index is 2.00. The highest BCUT2D eigenvalue weighted by Crippen LogP contribution is 2.39. The molecule has 0 spiro atoms. The highest BCUT2D eigenvalue weighted by Gasteiger charge is 2.15. The van der Waals surface area contributed by atoms with Crippen LogP contribution >= 0.6 is 11.3 Å². The van der Waals surface area contributed by atoms with Crippen LogP contribution in [0.3, 0.4) is 0 Å². The molecular formula is C22H16N2S. The topological polar surface area (TPSA) is 25.8 Å². The fourth-order valence-electron chi connectivity index (χ4n) is 2.96. The normalized spacial score (nSPS) is 11.5. The van der Waals surface area contributed by atoms with Gasteiger partial charge in [0.15, 0.2) is 0 Å². The molecule has 4 rings (SSSR count). The Morgan fingerprint density at radius 1 is 1.04 bits per heavy atom. The number of nitrogens with zero attached hydrogens (tertiary/aromatic N) is 2. The van der Waals surface area contributed by atoms with E-state index >= 15 is 0 Å². The van der Waals surface area contributed by atoms with E-state index in [9.17, 15) is 0 Å². The predicted octanol–water partition coefficient (Wildman–Crippen LogP) is 6.31. The average molecular weight is 340 g/mol. The zero-order valence-electron chi connectivity index (χ0n) is 13.7. The third-order valence-electron chi connectivity index (χ3n) is 4.24. The molecule has 0 saturated heterocycles. The molecule has 0 bridgehead atoms. The largest absolute Gasteiger partial charge is 0.236 e. The second kappa shape index (κ2) is 6.11. The number of aromatic nitrogens is 2. The van der Waals surface area contributed by atoms with Gasteiger partial charge in [0.1, 0.15) is 11.2 Å². The third kappa shape index (κ3) is 2.59. The minimum atomic E-state index is 0.804. The summed E-state index contributed by atoms with van der Waals surface area (Å²) < 4.78 is 1.20. The van der Waals surface area contributed by atoms with Crippen LogP contribution in [0.1, 0.15) is 5.69 Å². The number of hydrogen-bond donors (Lipinski definition) is 0. The maximum atomic E-state index is 4.51. The van der Waals surface area contributed by atoms with Gasteiger partial charge in [-0.25, -0.2) is 9.97 Å². The lowest BCUT2D eigenvalue weighted by Crippen LogP contribution is -1.92. The van der Waals surface area contributed by atoms with Crippen molar-refractivity contribution in [3.63, 3.8) is 0 Å². The van der Waals surface area contributed by atoms with Gasteiger partial charge in [-0.2, -0.15) is 0 Å². The molecule has 0 aliphatic rings. The summed E-state index contributed by atoms with van der Waals surface area (Å²) in [4.78, 5) is 9.96. The lowest BCUT2D eigenvalue weighted by molar-refractivity contribution is 1.21. The summed E-state index contributed by atoms with van der Waals surface area (Å²) in [7, 11) is 0. The Morgan fingerprint density at radius 3 is 2.56 bits per heavy atom. The molecule has 0 N–H and O–H groups in total. The van der Waals surface area contributed by atoms with Gasteiger partial charge in [0, 0.05) is 21.0 Å². The van der Waals surface area contributed by atoms with Gasteiger partial charge in [-0.3, -0.25) is 0 Å². The monoisotopic (exact) mass is 340 g/mol. The van der Waals surface area contributed by atoms with E-state index < -0.39 is 0 Å². The standard InChI is InChI=1S/C22H16N2S/c1-4-5-8-14(2)15(3)21-20-18-11-16-9-6-7-10-17(16)12-19(18)25-22(20)24-13-23-21/h4-13H,1-3H2/b8-5-. The highest BCUT2D eigenvalue weighted by atomic mass is 32.1. The van der Waals surface area contributed by atoms with E-state index in [2.05, 4.69) is 66.1 Å². The van der Waals surface area contributed by atoms with Crippen LogP contribution in [0.15, 0.2) is 86.3 Å². The summed E-state index contributed by atoms with van der Waals surface area (Å²) >= 11 is 1.68. The van der Waals surface area contributed by atoms with Gasteiger partial charge < -0.3 is 0 Å². The van der Waals surface area contributed by atoms with Crippen LogP contribution < -0.4 is 0 Å². The van der Waals surface area contributed by atoms with Gasteiger partial charge in [-0.1, -0.05) is 62.2 Å². The summed E-state index contributed by atoms with van der Waals surface area (Å²) in [6.45, 7) is 12.0. The molecule has 0 aliphatic carbocycles. The molecule has 25 heavy (non-hydrogen) atoms. The van der Waals surface area contributed by atoms with Gasteiger partial charge in [-0.15, -0.1) is 11.3 Å². The van der Waals surface area contributed by atoms with E-state index in [0.717, 1.165) is 32.4 Å². The summed E-state index contributed by atoms with van der Waals surface area (Å²) in [6, 6.07) is 12.8. The number of thiophene rings is 1. The van der Waals surface area contributed by atoms with Gasteiger partial charge in [-0.05, 0) is 28.5 Å². The van der Waals surface area contributed by atoms with Crippen molar-refractivity contribution in [2.45, 2.75) is 0 Å². The van der Waals surface area contributed by atoms with Crippen LogP contribution in [0.4, 0.5) is 0 Å². The molecule has 0 atom stereocenters. The van der Waals surface area contributed by atoms with E-state index in [4.69, 9.17) is 0 Å². The van der Waals surface area contributed by atoms with Gasteiger partial charge >= 0.3 is 0 Å². The molecule has 0 fully saturated rings. The lowest BCUT2D eigenvalue weighted by Gasteiger charge is -2.07. The van der Waals surface area contributed by atoms with Crippen molar-refractivity contribution in [2.24, 2.45) is 0 Å². The minimum absolute atomic E-state index is 0.804. The molecule has 0 unspecified atom stereocenters. The molecule has 2 aromatic heterocycles. The van der Waals surface area contributed by atoms with Crippen molar-refractivity contribution >= 4 is 48.0 Å². The summed E-state index contributed by atoms with van der Waals surface area (Å²) in [5.41, 5.74) is 2.46. The molecule has 0 radical (unpaired) electrons. The van der Waals surface area contributed by atoms with Crippen molar-refractivity contribution in [3.8, 4) is 0 Å². The Hall–Kier alpha value is -3.04. The van der Waals surface area contributed by atoms with Gasteiger partial charge in [0.25, 0.3) is 0 Å². The maximum Gasteiger partial charge on any atom is 0.128 e. The number of rotatable bonds is 4. The van der Waals surface area contributed by atoms with Crippen molar-refractivity contribution in [2.75, 3.05) is 0 Å². The van der Waals surface area contributed by atoms with Crippen LogP contribution in [0.2, 0.25) is 0 Å². The Labute approximate surface area is 150 Å². The first-order valence-electron chi connectivity index (χ1n) is 7.92. The molecule has 2 nitrogen and oxygen atoms in total. The molecule has 3 heteroatoms. The van der Waals surface area contributed by atoms with E-state index in [1.807, 2.05) is 12.2 Å². The second-order valence-corrected chi connectivity index (χ2v) is 6.83. The SMILES string of the molecule is C=C/C=C\C(=C)C(=C)c1ncnc2sc3cc4ccccc4cc3c12. The van der Waals surface area contributed by atoms with Crippen LogP contribution in [0.5, 0.6) is 0 Å². The molecule has 0 aliphatic heterocycles. The Bertz CT molecular complexity index is 1190. The molecule has 0 saturated carbocycles. The van der Waals surface area contributed by atoms with Crippen LogP contribution in [0.25, 0.3) is 36.6 Å². The van der Waals surface area contributed by atoms with Crippen molar-refractivity contribution < 1.29 is 0 Å². The fraction of sp³-hybridized carbons (Fsp3) is 0. The average Bonchev–Trinajstić information content (AvgIpc) is 3.01. The van der Waals surface area contributed by atoms with E-state index in [-0.39, 0.29) is 0 Å². The Kier molecular flexibility index (Phi) is 3.79. The van der Waals surface area contributed by atoms with Crippen LogP contribution in [-0.2, 0) is 0 Å². The van der Waals surface area contributed by atoms with E-state index in [1.165, 1.54) is 15.5 Å². The number of hydrogen-bond acceptors (Lipinski definition) is 3. The highest BCUT2D eigenvalue weighted by molar-refractivity contribution is 7.25. The smallest absolute Gasteiger partial charge is 0.128 e. The lowest BCUT2D eigenvalue weighted by atomic mass is 10.0. The summed E-state index contributed by atoms with van der Waals surface area (Å²) in [5, 5.41) is 4.65. The van der Waals surface area contributed by atoms with Crippen LogP contribution in [0, 0.1) is 0 Å². The zero-order valence-corrected chi connectivity index (χ0v) is 14.5. The molecule has 2 aromatic carbocycles. The summed E-state index contributed by atoms with van der Waals surface area (Å²) in [5.74, 6) is 0. The molecular weight excluding hydrogens is 324 g/mol. The first-order valence-corrected chi connectivity index (χ1v) is 8.74. The number of benzene rings is 2. The third-order valence-corrected chi connectivity index (χ3v) is 5.30. The number of allylic oxidation sites excluding steroid dienone is 5. The van der Waals surface area contributed by atoms with Gasteiger partial charge in [0.2, 0.25) is 0 Å². The second-order valence-electron chi connectivity index (χ2n) is 5.80. The van der Waals surface area contributed by atoms with Crippen molar-refractivity contribution in [1.82, 2.24) is 9.97 Å². The molecule has 4 aromatic rings.